The predicted molar refractivity (Wildman–Crippen MR) is 43.4 cm³/mol. The monoisotopic (exact) mass is 140 g/mol. The van der Waals surface area contributed by atoms with Crippen molar-refractivity contribution in [2.45, 2.75) is 20.8 Å². The van der Waals surface area contributed by atoms with Crippen molar-refractivity contribution in [1.82, 2.24) is 0 Å². The maximum Gasteiger partial charge on any atom is 0.0869 e. The van der Waals surface area contributed by atoms with E-state index >= 15 is 0 Å². The second-order valence-corrected chi connectivity index (χ2v) is 2.16. The summed E-state index contributed by atoms with van der Waals surface area (Å²) >= 11 is 0. The minimum absolute atomic E-state index is 0.558. The fraction of sp³-hybridized carbons (Fsp3) is 0.333. The summed E-state index contributed by atoms with van der Waals surface area (Å²) in [6.07, 6.45) is 5.90. The van der Waals surface area contributed by atoms with Gasteiger partial charge in [-0.15, -0.1) is 0 Å². The molecule has 0 aromatic carbocycles. The Bertz CT molecular complexity index is 153. The first-order valence-electron chi connectivity index (χ1n) is 3.29. The van der Waals surface area contributed by atoms with Crippen LogP contribution in [-0.4, -0.2) is 0 Å². The second-order valence-electron chi connectivity index (χ2n) is 2.16. The zero-order chi connectivity index (χ0) is 7.98. The summed E-state index contributed by atoms with van der Waals surface area (Å²) in [6, 6.07) is 0. The topological polar surface area (TPSA) is 0 Å². The van der Waals surface area contributed by atoms with Crippen molar-refractivity contribution in [2.75, 3.05) is 0 Å². The summed E-state index contributed by atoms with van der Waals surface area (Å²) in [7, 11) is 0. The van der Waals surface area contributed by atoms with E-state index in [-0.39, 0.29) is 0 Å². The van der Waals surface area contributed by atoms with E-state index in [0.29, 0.717) is 6.33 Å². The summed E-state index contributed by atoms with van der Waals surface area (Å²) in [6.45, 7) is 5.77. The molecule has 0 bridgehead atoms. The van der Waals surface area contributed by atoms with Gasteiger partial charge in [-0.25, -0.2) is 4.39 Å². The van der Waals surface area contributed by atoms with E-state index in [4.69, 9.17) is 0 Å². The molecule has 0 spiro atoms. The lowest BCUT2D eigenvalue weighted by atomic mass is 10.1. The van der Waals surface area contributed by atoms with Gasteiger partial charge in [-0.2, -0.15) is 0 Å². The number of rotatable bonds is 2. The van der Waals surface area contributed by atoms with Crippen LogP contribution in [0, 0.1) is 0 Å². The second kappa shape index (κ2) is 4.98. The zero-order valence-electron chi connectivity index (χ0n) is 6.69. The third kappa shape index (κ3) is 3.23. The molecular formula is C9H13F. The fourth-order valence-corrected chi connectivity index (χ4v) is 0.607. The molecule has 0 aliphatic heterocycles. The van der Waals surface area contributed by atoms with Crippen molar-refractivity contribution in [1.29, 1.82) is 0 Å². The highest BCUT2D eigenvalue weighted by molar-refractivity contribution is 5.29. The molecule has 56 valence electrons. The summed E-state index contributed by atoms with van der Waals surface area (Å²) in [5.74, 6) is 0. The maximum atomic E-state index is 11.6. The average molecular weight is 140 g/mol. The maximum absolute atomic E-state index is 11.6. The molecule has 0 atom stereocenters. The molecule has 0 aromatic heterocycles. The van der Waals surface area contributed by atoms with Crippen molar-refractivity contribution in [3.63, 3.8) is 0 Å². The van der Waals surface area contributed by atoms with Gasteiger partial charge in [-0.3, -0.25) is 0 Å². The first-order valence-corrected chi connectivity index (χ1v) is 3.29. The van der Waals surface area contributed by atoms with Crippen LogP contribution in [0.25, 0.3) is 0 Å². The van der Waals surface area contributed by atoms with Gasteiger partial charge in [0.15, 0.2) is 0 Å². The van der Waals surface area contributed by atoms with E-state index in [0.717, 1.165) is 11.1 Å². The molecule has 0 aliphatic rings. The highest BCUT2D eigenvalue weighted by Gasteiger charge is 1.85. The fourth-order valence-electron chi connectivity index (χ4n) is 0.607. The molecule has 0 aliphatic carbocycles. The molecule has 0 amide bonds. The lowest BCUT2D eigenvalue weighted by Crippen LogP contribution is -1.74. The number of allylic oxidation sites excluding steroid dienone is 5. The van der Waals surface area contributed by atoms with Crippen LogP contribution in [0.5, 0.6) is 0 Å². The van der Waals surface area contributed by atoms with E-state index in [9.17, 15) is 4.39 Å². The van der Waals surface area contributed by atoms with Gasteiger partial charge in [0.2, 0.25) is 0 Å². The van der Waals surface area contributed by atoms with E-state index in [1.807, 2.05) is 32.9 Å². The van der Waals surface area contributed by atoms with Crippen LogP contribution in [-0.2, 0) is 0 Å². The van der Waals surface area contributed by atoms with Gasteiger partial charge < -0.3 is 0 Å². The summed E-state index contributed by atoms with van der Waals surface area (Å²) in [5.41, 5.74) is 2.05. The molecule has 0 saturated heterocycles. The van der Waals surface area contributed by atoms with Crippen molar-refractivity contribution in [3.8, 4) is 0 Å². The minimum Gasteiger partial charge on any atom is -0.216 e. The van der Waals surface area contributed by atoms with E-state index in [2.05, 4.69) is 0 Å². The van der Waals surface area contributed by atoms with Gasteiger partial charge in [0.1, 0.15) is 0 Å². The van der Waals surface area contributed by atoms with Gasteiger partial charge >= 0.3 is 0 Å². The molecule has 0 N–H and O–H groups in total. The molecule has 0 saturated carbocycles. The Morgan fingerprint density at radius 1 is 1.10 bits per heavy atom. The van der Waals surface area contributed by atoms with Crippen LogP contribution < -0.4 is 0 Å². The Hall–Kier alpha value is -0.850. The zero-order valence-corrected chi connectivity index (χ0v) is 6.69. The third-order valence-electron chi connectivity index (χ3n) is 1.35. The van der Waals surface area contributed by atoms with Gasteiger partial charge in [0, 0.05) is 0 Å². The molecule has 0 fully saturated rings. The first kappa shape index (κ1) is 9.15. The predicted octanol–water partition coefficient (Wildman–Crippen LogP) is 3.38. The smallest absolute Gasteiger partial charge is 0.0869 e. The molecular weight excluding hydrogens is 127 g/mol. The Morgan fingerprint density at radius 3 is 2.00 bits per heavy atom. The van der Waals surface area contributed by atoms with Crippen molar-refractivity contribution < 1.29 is 4.39 Å². The largest absolute Gasteiger partial charge is 0.216 e. The minimum atomic E-state index is 0.558. The SMILES string of the molecule is C\C=C/C(C)=C(C)\C=C\F. The van der Waals surface area contributed by atoms with Crippen LogP contribution in [0.4, 0.5) is 4.39 Å². The van der Waals surface area contributed by atoms with E-state index < -0.39 is 0 Å². The van der Waals surface area contributed by atoms with Crippen LogP contribution in [0.15, 0.2) is 35.7 Å². The van der Waals surface area contributed by atoms with Crippen LogP contribution in [0.3, 0.4) is 0 Å². The van der Waals surface area contributed by atoms with Gasteiger partial charge in [-0.1, -0.05) is 12.2 Å². The van der Waals surface area contributed by atoms with Crippen LogP contribution in [0.1, 0.15) is 20.8 Å². The average Bonchev–Trinajstić information content (AvgIpc) is 1.89. The summed E-state index contributed by atoms with van der Waals surface area (Å²) in [4.78, 5) is 0. The summed E-state index contributed by atoms with van der Waals surface area (Å²) < 4.78 is 11.6. The Labute approximate surface area is 61.8 Å². The molecule has 10 heavy (non-hydrogen) atoms. The Balaban J connectivity index is 4.33. The molecule has 0 nitrogen and oxygen atoms in total. The first-order chi connectivity index (χ1) is 4.72. The third-order valence-corrected chi connectivity index (χ3v) is 1.35. The molecule has 0 radical (unpaired) electrons. The lowest BCUT2D eigenvalue weighted by Gasteiger charge is -1.94. The van der Waals surface area contributed by atoms with Crippen molar-refractivity contribution in [3.05, 3.63) is 35.7 Å². The number of hydrogen-bond acceptors (Lipinski definition) is 0. The normalized spacial score (nSPS) is 14.8. The quantitative estimate of drug-likeness (QED) is 0.516. The molecule has 0 rings (SSSR count). The number of hydrogen-bond donors (Lipinski definition) is 0. The highest BCUT2D eigenvalue weighted by Crippen LogP contribution is 2.05. The van der Waals surface area contributed by atoms with Gasteiger partial charge in [0.05, 0.1) is 6.33 Å². The molecule has 0 heterocycles. The van der Waals surface area contributed by atoms with Gasteiger partial charge in [0.25, 0.3) is 0 Å². The Morgan fingerprint density at radius 2 is 1.60 bits per heavy atom. The van der Waals surface area contributed by atoms with Crippen LogP contribution >= 0.6 is 0 Å². The van der Waals surface area contributed by atoms with Crippen LogP contribution in [0.2, 0.25) is 0 Å². The molecule has 0 aromatic rings. The highest BCUT2D eigenvalue weighted by atomic mass is 19.1. The summed E-state index contributed by atoms with van der Waals surface area (Å²) in [5, 5.41) is 0. The van der Waals surface area contributed by atoms with Crippen molar-refractivity contribution >= 4 is 0 Å². The lowest BCUT2D eigenvalue weighted by molar-refractivity contribution is 0.720. The standard InChI is InChI=1S/C9H13F/c1-4-5-8(2)9(3)6-7-10/h4-7H,1-3H3/b5-4-,7-6+,9-8-. The van der Waals surface area contributed by atoms with Crippen molar-refractivity contribution in [2.24, 2.45) is 0 Å². The molecule has 1 heteroatoms. The van der Waals surface area contributed by atoms with E-state index in [1.54, 1.807) is 0 Å². The number of halogens is 1. The van der Waals surface area contributed by atoms with E-state index in [1.165, 1.54) is 6.08 Å². The van der Waals surface area contributed by atoms with Gasteiger partial charge in [-0.05, 0) is 38.0 Å². The molecule has 0 unspecified atom stereocenters. The Kier molecular flexibility index (Phi) is 4.55.